The average molecular weight is 455 g/mol. The molecule has 33 heavy (non-hydrogen) atoms. The molecule has 6 aromatic rings. The Balaban J connectivity index is 1.49. The minimum absolute atomic E-state index is 0.0380. The van der Waals surface area contributed by atoms with Crippen molar-refractivity contribution in [2.45, 2.75) is 13.8 Å². The highest BCUT2D eigenvalue weighted by Crippen LogP contribution is 2.34. The maximum absolute atomic E-state index is 11.7. The first kappa shape index (κ1) is 19.5. The average Bonchev–Trinajstić information content (AvgIpc) is 3.59. The summed E-state index contributed by atoms with van der Waals surface area (Å²) >= 11 is 1.42. The molecule has 6 rings (SSSR count). The van der Waals surface area contributed by atoms with Crippen LogP contribution in [-0.4, -0.2) is 45.5 Å². The van der Waals surface area contributed by atoms with Crippen LogP contribution in [0.25, 0.3) is 55.4 Å². The molecule has 0 bridgehead atoms. The van der Waals surface area contributed by atoms with E-state index < -0.39 is 0 Å². The second kappa shape index (κ2) is 7.17. The van der Waals surface area contributed by atoms with Gasteiger partial charge in [0.25, 0.3) is 0 Å². The van der Waals surface area contributed by atoms with E-state index in [0.29, 0.717) is 22.0 Å². The predicted molar refractivity (Wildman–Crippen MR) is 127 cm³/mol. The standard InChI is InChI=1S/C23H18N8OS/c1-11(32)17-4-5-18(33-17)21-20-15(6-7-24-21)27-23(28-20)19-14-8-13(9-26-22(14)30-29-19)16-10-25-12(2)31(16)3/h4-10H,1-3H3,(H,27,28)(H,26,29,30). The Labute approximate surface area is 191 Å². The number of imidazole rings is 2. The Morgan fingerprint density at radius 2 is 1.97 bits per heavy atom. The molecule has 0 radical (unpaired) electrons. The van der Waals surface area contributed by atoms with Crippen molar-refractivity contribution >= 4 is 39.2 Å². The van der Waals surface area contributed by atoms with Crippen molar-refractivity contribution in [2.24, 2.45) is 7.05 Å². The van der Waals surface area contributed by atoms with Gasteiger partial charge in [-0.1, -0.05) is 0 Å². The van der Waals surface area contributed by atoms with Gasteiger partial charge in [0.2, 0.25) is 0 Å². The van der Waals surface area contributed by atoms with Crippen LogP contribution in [0.4, 0.5) is 0 Å². The molecule has 0 amide bonds. The number of rotatable bonds is 4. The van der Waals surface area contributed by atoms with E-state index in [1.807, 2.05) is 55.2 Å². The smallest absolute Gasteiger partial charge is 0.169 e. The van der Waals surface area contributed by atoms with E-state index in [1.54, 1.807) is 13.1 Å². The number of aromatic amines is 2. The molecule has 2 N–H and O–H groups in total. The summed E-state index contributed by atoms with van der Waals surface area (Å²) in [5.41, 5.74) is 5.58. The first-order valence-corrected chi connectivity index (χ1v) is 11.1. The van der Waals surface area contributed by atoms with Crippen molar-refractivity contribution in [2.75, 3.05) is 0 Å². The molecule has 0 fully saturated rings. The van der Waals surface area contributed by atoms with Crippen LogP contribution in [0.1, 0.15) is 22.4 Å². The van der Waals surface area contributed by atoms with E-state index >= 15 is 0 Å². The Kier molecular flexibility index (Phi) is 4.24. The molecule has 0 atom stereocenters. The van der Waals surface area contributed by atoms with Crippen molar-refractivity contribution in [3.8, 4) is 33.3 Å². The summed E-state index contributed by atoms with van der Waals surface area (Å²) < 4.78 is 2.03. The molecule has 0 aromatic carbocycles. The molecule has 0 saturated heterocycles. The third-order valence-electron chi connectivity index (χ3n) is 5.74. The number of nitrogens with one attached hydrogen (secondary N) is 2. The predicted octanol–water partition coefficient (Wildman–Crippen LogP) is 4.54. The number of ketones is 1. The van der Waals surface area contributed by atoms with Crippen LogP contribution in [0.15, 0.2) is 42.9 Å². The topological polar surface area (TPSA) is 118 Å². The number of pyridine rings is 2. The van der Waals surface area contributed by atoms with Crippen molar-refractivity contribution in [3.05, 3.63) is 53.6 Å². The lowest BCUT2D eigenvalue weighted by atomic mass is 10.1. The summed E-state index contributed by atoms with van der Waals surface area (Å²) in [5, 5.41) is 8.34. The highest BCUT2D eigenvalue weighted by atomic mass is 32.1. The Hall–Kier alpha value is -4.18. The highest BCUT2D eigenvalue weighted by Gasteiger charge is 2.18. The zero-order valence-electron chi connectivity index (χ0n) is 18.0. The number of carbonyl (C=O) groups is 1. The molecule has 6 aromatic heterocycles. The number of Topliss-reactive ketones (excluding diaryl/α,β-unsaturated/α-hetero) is 1. The number of aryl methyl sites for hydroxylation is 1. The van der Waals surface area contributed by atoms with E-state index in [-0.39, 0.29) is 5.78 Å². The van der Waals surface area contributed by atoms with Crippen LogP contribution in [-0.2, 0) is 7.05 Å². The van der Waals surface area contributed by atoms with Gasteiger partial charge in [-0.3, -0.25) is 14.9 Å². The van der Waals surface area contributed by atoms with E-state index in [2.05, 4.69) is 30.1 Å². The molecule has 9 nitrogen and oxygen atoms in total. The third-order valence-corrected chi connectivity index (χ3v) is 6.94. The lowest BCUT2D eigenvalue weighted by Gasteiger charge is -2.03. The number of carbonyl (C=O) groups excluding carboxylic acids is 1. The minimum atomic E-state index is 0.0380. The molecule has 0 aliphatic rings. The minimum Gasteiger partial charge on any atom is -0.336 e. The fourth-order valence-corrected chi connectivity index (χ4v) is 4.78. The number of nitrogens with zero attached hydrogens (tertiary/aromatic N) is 6. The molecule has 0 unspecified atom stereocenters. The number of hydrogen-bond acceptors (Lipinski definition) is 7. The van der Waals surface area contributed by atoms with Gasteiger partial charge in [0.15, 0.2) is 17.3 Å². The van der Waals surface area contributed by atoms with Crippen LogP contribution < -0.4 is 0 Å². The van der Waals surface area contributed by atoms with Gasteiger partial charge < -0.3 is 9.55 Å². The van der Waals surface area contributed by atoms with E-state index in [0.717, 1.165) is 44.1 Å². The fourth-order valence-electron chi connectivity index (χ4n) is 3.88. The number of thiophene rings is 1. The van der Waals surface area contributed by atoms with Crippen LogP contribution in [0.5, 0.6) is 0 Å². The number of fused-ring (bicyclic) bond motifs is 2. The monoisotopic (exact) mass is 454 g/mol. The van der Waals surface area contributed by atoms with Gasteiger partial charge in [-0.2, -0.15) is 5.10 Å². The lowest BCUT2D eigenvalue weighted by molar-refractivity contribution is 0.102. The molecule has 162 valence electrons. The molecular weight excluding hydrogens is 436 g/mol. The zero-order valence-corrected chi connectivity index (χ0v) is 18.9. The van der Waals surface area contributed by atoms with Gasteiger partial charge in [0.05, 0.1) is 32.5 Å². The van der Waals surface area contributed by atoms with E-state index in [9.17, 15) is 4.79 Å². The van der Waals surface area contributed by atoms with Crippen molar-refractivity contribution in [3.63, 3.8) is 0 Å². The zero-order chi connectivity index (χ0) is 22.7. The Morgan fingerprint density at radius 3 is 2.73 bits per heavy atom. The van der Waals surface area contributed by atoms with Crippen molar-refractivity contribution in [1.29, 1.82) is 0 Å². The highest BCUT2D eigenvalue weighted by molar-refractivity contribution is 7.17. The Bertz CT molecular complexity index is 1690. The SMILES string of the molecule is CC(=O)c1ccc(-c2nccc3[nH]c(-c4n[nH]c5ncc(-c6cnc(C)n6C)cc45)nc23)s1. The third kappa shape index (κ3) is 3.06. The van der Waals surface area contributed by atoms with Gasteiger partial charge in [-0.05, 0) is 38.1 Å². The van der Waals surface area contributed by atoms with E-state index in [1.165, 1.54) is 11.3 Å². The van der Waals surface area contributed by atoms with Gasteiger partial charge in [-0.25, -0.2) is 15.0 Å². The molecule has 0 aliphatic carbocycles. The van der Waals surface area contributed by atoms with Crippen LogP contribution in [0.3, 0.4) is 0 Å². The normalized spacial score (nSPS) is 11.6. The first-order chi connectivity index (χ1) is 16.0. The maximum Gasteiger partial charge on any atom is 0.169 e. The number of hydrogen-bond donors (Lipinski definition) is 2. The van der Waals surface area contributed by atoms with Gasteiger partial charge >= 0.3 is 0 Å². The van der Waals surface area contributed by atoms with Crippen molar-refractivity contribution in [1.82, 2.24) is 39.7 Å². The van der Waals surface area contributed by atoms with Crippen LogP contribution in [0.2, 0.25) is 0 Å². The molecule has 0 saturated carbocycles. The summed E-state index contributed by atoms with van der Waals surface area (Å²) in [5.74, 6) is 1.58. The van der Waals surface area contributed by atoms with Crippen molar-refractivity contribution < 1.29 is 4.79 Å². The molecule has 0 spiro atoms. The maximum atomic E-state index is 11.7. The molecule has 6 heterocycles. The van der Waals surface area contributed by atoms with Gasteiger partial charge in [0, 0.05) is 25.0 Å². The van der Waals surface area contributed by atoms with Gasteiger partial charge in [-0.15, -0.1) is 11.3 Å². The first-order valence-electron chi connectivity index (χ1n) is 10.3. The summed E-state index contributed by atoms with van der Waals surface area (Å²) in [6, 6.07) is 7.66. The molecule has 10 heteroatoms. The van der Waals surface area contributed by atoms with Crippen LogP contribution in [0, 0.1) is 6.92 Å². The number of H-pyrrole nitrogens is 2. The van der Waals surface area contributed by atoms with Gasteiger partial charge in [0.1, 0.15) is 22.7 Å². The quantitative estimate of drug-likeness (QED) is 0.378. The number of aromatic nitrogens is 8. The fraction of sp³-hybridized carbons (Fsp3) is 0.130. The lowest BCUT2D eigenvalue weighted by Crippen LogP contribution is -1.94. The van der Waals surface area contributed by atoms with E-state index in [4.69, 9.17) is 4.98 Å². The Morgan fingerprint density at radius 1 is 1.09 bits per heavy atom. The largest absolute Gasteiger partial charge is 0.336 e. The second-order valence-electron chi connectivity index (χ2n) is 7.80. The molecule has 0 aliphatic heterocycles. The molecular formula is C23H18N8OS. The summed E-state index contributed by atoms with van der Waals surface area (Å²) in [6.45, 7) is 3.53. The second-order valence-corrected chi connectivity index (χ2v) is 8.89. The summed E-state index contributed by atoms with van der Waals surface area (Å²) in [7, 11) is 1.98. The summed E-state index contributed by atoms with van der Waals surface area (Å²) in [6.07, 6.45) is 5.39. The van der Waals surface area contributed by atoms with Crippen LogP contribution >= 0.6 is 11.3 Å². The summed E-state index contributed by atoms with van der Waals surface area (Å²) in [4.78, 5) is 35.0.